The Balaban J connectivity index is 1.43. The second-order valence-electron chi connectivity index (χ2n) is 6.71. The van der Waals surface area contributed by atoms with E-state index < -0.39 is 0 Å². The number of anilines is 1. The number of nitrogens with zero attached hydrogens (tertiary/aromatic N) is 4. The summed E-state index contributed by atoms with van der Waals surface area (Å²) in [5.41, 5.74) is 7.91. The van der Waals surface area contributed by atoms with Crippen LogP contribution in [0.25, 0.3) is 45.0 Å². The zero-order chi connectivity index (χ0) is 17.8. The number of imidazole rings is 2. The summed E-state index contributed by atoms with van der Waals surface area (Å²) < 4.78 is 0. The van der Waals surface area contributed by atoms with Crippen LogP contribution in [0.3, 0.4) is 0 Å². The Kier molecular flexibility index (Phi) is 2.87. The molecular weight excluding hydrogens is 338 g/mol. The summed E-state index contributed by atoms with van der Waals surface area (Å²) in [6, 6.07) is 10.3. The maximum absolute atomic E-state index is 4.66. The number of hydrogen-bond acceptors (Lipinski definition) is 5. The third kappa shape index (κ3) is 2.28. The van der Waals surface area contributed by atoms with Crippen molar-refractivity contribution in [3.63, 3.8) is 0 Å². The highest BCUT2D eigenvalue weighted by Crippen LogP contribution is 2.29. The van der Waals surface area contributed by atoms with E-state index >= 15 is 0 Å². The SMILES string of the molecule is c1cc2nc(-c3cnc4nc(-c5ccc6c(c5)CCN6)[nH]c4c3)[nH]c2cn1. The molecule has 0 unspecified atom stereocenters. The Morgan fingerprint density at radius 2 is 1.78 bits per heavy atom. The minimum Gasteiger partial charge on any atom is -0.384 e. The Hall–Kier alpha value is -3.74. The smallest absolute Gasteiger partial charge is 0.178 e. The average molecular weight is 353 g/mol. The predicted octanol–water partition coefficient (Wildman–Crippen LogP) is 3.53. The van der Waals surface area contributed by atoms with Crippen LogP contribution in [0, 0.1) is 0 Å². The van der Waals surface area contributed by atoms with E-state index in [0.717, 1.165) is 52.3 Å². The lowest BCUT2D eigenvalue weighted by molar-refractivity contribution is 1.11. The molecule has 0 fully saturated rings. The van der Waals surface area contributed by atoms with E-state index in [9.17, 15) is 0 Å². The van der Waals surface area contributed by atoms with Crippen molar-refractivity contribution in [2.24, 2.45) is 0 Å². The van der Waals surface area contributed by atoms with Gasteiger partial charge < -0.3 is 15.3 Å². The summed E-state index contributed by atoms with van der Waals surface area (Å²) in [4.78, 5) is 24.6. The Morgan fingerprint density at radius 3 is 2.74 bits per heavy atom. The molecule has 0 spiro atoms. The molecule has 0 radical (unpaired) electrons. The van der Waals surface area contributed by atoms with Crippen LogP contribution in [0.1, 0.15) is 5.56 Å². The fourth-order valence-corrected chi connectivity index (χ4v) is 3.61. The van der Waals surface area contributed by atoms with Crippen LogP contribution in [0.2, 0.25) is 0 Å². The predicted molar refractivity (Wildman–Crippen MR) is 104 cm³/mol. The van der Waals surface area contributed by atoms with Crippen LogP contribution in [0.15, 0.2) is 48.9 Å². The van der Waals surface area contributed by atoms with E-state index in [0.29, 0.717) is 5.65 Å². The van der Waals surface area contributed by atoms with Gasteiger partial charge in [0, 0.05) is 35.8 Å². The quantitative estimate of drug-likeness (QED) is 0.451. The molecule has 5 aromatic rings. The number of pyridine rings is 2. The van der Waals surface area contributed by atoms with Gasteiger partial charge in [0.2, 0.25) is 0 Å². The van der Waals surface area contributed by atoms with E-state index in [2.05, 4.69) is 53.4 Å². The highest BCUT2D eigenvalue weighted by molar-refractivity contribution is 5.83. The number of aromatic nitrogens is 6. The zero-order valence-corrected chi connectivity index (χ0v) is 14.3. The van der Waals surface area contributed by atoms with Gasteiger partial charge in [-0.05, 0) is 42.3 Å². The van der Waals surface area contributed by atoms with E-state index in [1.807, 2.05) is 12.1 Å². The third-order valence-corrected chi connectivity index (χ3v) is 4.98. The number of benzene rings is 1. The van der Waals surface area contributed by atoms with Gasteiger partial charge in [-0.2, -0.15) is 0 Å². The summed E-state index contributed by atoms with van der Waals surface area (Å²) in [5, 5.41) is 3.38. The molecule has 27 heavy (non-hydrogen) atoms. The second-order valence-corrected chi connectivity index (χ2v) is 6.71. The van der Waals surface area contributed by atoms with Crippen LogP contribution >= 0.6 is 0 Å². The lowest BCUT2D eigenvalue weighted by Crippen LogP contribution is -1.90. The van der Waals surface area contributed by atoms with Gasteiger partial charge in [0.1, 0.15) is 11.6 Å². The minimum atomic E-state index is 0.699. The molecular formula is C20H15N7. The van der Waals surface area contributed by atoms with Crippen molar-refractivity contribution in [1.29, 1.82) is 0 Å². The highest BCUT2D eigenvalue weighted by Gasteiger charge is 2.14. The fourth-order valence-electron chi connectivity index (χ4n) is 3.61. The number of fused-ring (bicyclic) bond motifs is 3. The van der Waals surface area contributed by atoms with Crippen molar-refractivity contribution >= 4 is 27.9 Å². The van der Waals surface area contributed by atoms with Crippen molar-refractivity contribution in [1.82, 2.24) is 29.9 Å². The van der Waals surface area contributed by atoms with Gasteiger partial charge in [-0.1, -0.05) is 0 Å². The van der Waals surface area contributed by atoms with Crippen molar-refractivity contribution in [3.8, 4) is 22.8 Å². The average Bonchev–Trinajstić information content (AvgIpc) is 3.42. The summed E-state index contributed by atoms with van der Waals surface area (Å²) in [6.07, 6.45) is 6.36. The number of H-pyrrole nitrogens is 2. The van der Waals surface area contributed by atoms with Crippen molar-refractivity contribution in [2.45, 2.75) is 6.42 Å². The second kappa shape index (κ2) is 5.38. The molecule has 130 valence electrons. The lowest BCUT2D eigenvalue weighted by atomic mass is 10.1. The standard InChI is InChI=1S/C20H15N7/c1-2-14-11(3-6-22-14)7-12(1)18-25-16-8-13(9-23-20(16)27-18)19-24-15-4-5-21-10-17(15)26-19/h1-2,4-5,7-10,22H,3,6H2,(H,24,26)(H,23,25,27). The molecule has 5 heterocycles. The van der Waals surface area contributed by atoms with Crippen LogP contribution in [-0.2, 0) is 6.42 Å². The van der Waals surface area contributed by atoms with Gasteiger partial charge in [0.05, 0.1) is 22.7 Å². The molecule has 1 aromatic carbocycles. The van der Waals surface area contributed by atoms with E-state index in [-0.39, 0.29) is 0 Å². The number of aromatic amines is 2. The van der Waals surface area contributed by atoms with E-state index in [1.165, 1.54) is 11.3 Å². The minimum absolute atomic E-state index is 0.699. The maximum atomic E-state index is 4.66. The summed E-state index contributed by atoms with van der Waals surface area (Å²) in [6.45, 7) is 0.997. The number of hydrogen-bond donors (Lipinski definition) is 3. The first kappa shape index (κ1) is 14.4. The molecule has 6 rings (SSSR count). The Labute approximate surface area is 153 Å². The van der Waals surface area contributed by atoms with Gasteiger partial charge >= 0.3 is 0 Å². The van der Waals surface area contributed by atoms with Crippen molar-refractivity contribution in [2.75, 3.05) is 11.9 Å². The molecule has 0 aliphatic carbocycles. The van der Waals surface area contributed by atoms with Crippen LogP contribution in [-0.4, -0.2) is 36.4 Å². The lowest BCUT2D eigenvalue weighted by Gasteiger charge is -2.01. The van der Waals surface area contributed by atoms with E-state index in [4.69, 9.17) is 0 Å². The molecule has 3 N–H and O–H groups in total. The zero-order valence-electron chi connectivity index (χ0n) is 14.3. The molecule has 0 saturated carbocycles. The molecule has 1 aliphatic heterocycles. The topological polar surface area (TPSA) is 95.2 Å². The third-order valence-electron chi connectivity index (χ3n) is 4.98. The molecule has 0 saturated heterocycles. The summed E-state index contributed by atoms with van der Waals surface area (Å²) in [5.74, 6) is 1.60. The normalized spacial score (nSPS) is 13.2. The summed E-state index contributed by atoms with van der Waals surface area (Å²) in [7, 11) is 0. The van der Waals surface area contributed by atoms with Gasteiger partial charge in [0.15, 0.2) is 5.65 Å². The summed E-state index contributed by atoms with van der Waals surface area (Å²) >= 11 is 0. The number of nitrogens with one attached hydrogen (secondary N) is 3. The molecule has 0 bridgehead atoms. The van der Waals surface area contributed by atoms with Crippen LogP contribution in [0.5, 0.6) is 0 Å². The first-order valence-electron chi connectivity index (χ1n) is 8.86. The first-order valence-corrected chi connectivity index (χ1v) is 8.86. The molecule has 0 atom stereocenters. The Bertz CT molecular complexity index is 1280. The number of rotatable bonds is 2. The molecule has 7 heteroatoms. The van der Waals surface area contributed by atoms with Crippen molar-refractivity contribution in [3.05, 3.63) is 54.5 Å². The van der Waals surface area contributed by atoms with Gasteiger partial charge in [-0.3, -0.25) is 4.98 Å². The van der Waals surface area contributed by atoms with Crippen LogP contribution < -0.4 is 5.32 Å². The van der Waals surface area contributed by atoms with Crippen LogP contribution in [0.4, 0.5) is 5.69 Å². The van der Waals surface area contributed by atoms with Crippen molar-refractivity contribution < 1.29 is 0 Å². The molecule has 0 amide bonds. The maximum Gasteiger partial charge on any atom is 0.178 e. The molecule has 4 aromatic heterocycles. The Morgan fingerprint density at radius 1 is 0.852 bits per heavy atom. The monoisotopic (exact) mass is 353 g/mol. The first-order chi connectivity index (χ1) is 13.3. The van der Waals surface area contributed by atoms with Gasteiger partial charge in [0.25, 0.3) is 0 Å². The van der Waals surface area contributed by atoms with E-state index in [1.54, 1.807) is 18.6 Å². The molecule has 1 aliphatic rings. The highest BCUT2D eigenvalue weighted by atomic mass is 15.0. The fraction of sp³-hybridized carbons (Fsp3) is 0.100. The van der Waals surface area contributed by atoms with Gasteiger partial charge in [-0.15, -0.1) is 0 Å². The van der Waals surface area contributed by atoms with Gasteiger partial charge in [-0.25, -0.2) is 15.0 Å². The largest absolute Gasteiger partial charge is 0.384 e. The molecule has 7 nitrogen and oxygen atoms in total.